The van der Waals surface area contributed by atoms with Crippen molar-refractivity contribution in [2.75, 3.05) is 31.6 Å². The number of nitro benzene ring substituents is 1. The van der Waals surface area contributed by atoms with Crippen molar-refractivity contribution < 1.29 is 14.5 Å². The summed E-state index contributed by atoms with van der Waals surface area (Å²) < 4.78 is 5.70. The van der Waals surface area contributed by atoms with E-state index in [2.05, 4.69) is 24.1 Å². The highest BCUT2D eigenvalue weighted by Gasteiger charge is 2.16. The van der Waals surface area contributed by atoms with Crippen molar-refractivity contribution in [1.82, 2.24) is 4.90 Å². The maximum atomic E-state index is 12.4. The van der Waals surface area contributed by atoms with E-state index in [-0.39, 0.29) is 16.3 Å². The number of carbonyl (C=O) groups excluding carboxylic acids is 1. The molecule has 2 aromatic carbocycles. The van der Waals surface area contributed by atoms with E-state index in [1.165, 1.54) is 12.1 Å². The summed E-state index contributed by atoms with van der Waals surface area (Å²) in [6.07, 6.45) is 0. The minimum Gasteiger partial charge on any atom is -0.492 e. The van der Waals surface area contributed by atoms with Gasteiger partial charge in [0.15, 0.2) is 0 Å². The maximum absolute atomic E-state index is 12.4. The molecule has 0 bridgehead atoms. The van der Waals surface area contributed by atoms with Gasteiger partial charge in [0.05, 0.1) is 15.5 Å². The second kappa shape index (κ2) is 9.89. The smallest absolute Gasteiger partial charge is 0.270 e. The van der Waals surface area contributed by atoms with Crippen LogP contribution in [0.2, 0.25) is 5.02 Å². The standard InChI is InChI=1S/C19H22ClN3O4/c1-3-22(4-2)11-12-27-16-8-5-14(6-9-16)21-19(24)17-13-15(23(25)26)7-10-18(17)20/h5-10,13H,3-4,11-12H2,1-2H3,(H,21,24). The van der Waals surface area contributed by atoms with Crippen molar-refractivity contribution in [2.24, 2.45) is 0 Å². The molecule has 0 radical (unpaired) electrons. The van der Waals surface area contributed by atoms with Gasteiger partial charge in [-0.15, -0.1) is 0 Å². The maximum Gasteiger partial charge on any atom is 0.270 e. The van der Waals surface area contributed by atoms with Gasteiger partial charge in [-0.2, -0.15) is 0 Å². The zero-order valence-corrected chi connectivity index (χ0v) is 16.0. The number of nitrogens with one attached hydrogen (secondary N) is 1. The van der Waals surface area contributed by atoms with Gasteiger partial charge in [0.2, 0.25) is 0 Å². The van der Waals surface area contributed by atoms with Gasteiger partial charge in [-0.1, -0.05) is 25.4 Å². The van der Waals surface area contributed by atoms with E-state index in [9.17, 15) is 14.9 Å². The van der Waals surface area contributed by atoms with Crippen LogP contribution in [-0.2, 0) is 0 Å². The molecule has 1 amide bonds. The van der Waals surface area contributed by atoms with Crippen LogP contribution in [0.25, 0.3) is 0 Å². The summed E-state index contributed by atoms with van der Waals surface area (Å²) in [7, 11) is 0. The summed E-state index contributed by atoms with van der Waals surface area (Å²) >= 11 is 5.99. The van der Waals surface area contributed by atoms with Gasteiger partial charge >= 0.3 is 0 Å². The topological polar surface area (TPSA) is 84.7 Å². The summed E-state index contributed by atoms with van der Waals surface area (Å²) in [6, 6.07) is 10.7. The number of anilines is 1. The fraction of sp³-hybridized carbons (Fsp3) is 0.316. The molecule has 0 aliphatic carbocycles. The van der Waals surface area contributed by atoms with Gasteiger partial charge < -0.3 is 15.0 Å². The number of carbonyl (C=O) groups is 1. The van der Waals surface area contributed by atoms with E-state index in [1.54, 1.807) is 24.3 Å². The molecule has 0 saturated heterocycles. The third-order valence-corrected chi connectivity index (χ3v) is 4.42. The Bertz CT molecular complexity index is 792. The molecule has 0 heterocycles. The van der Waals surface area contributed by atoms with Crippen LogP contribution in [0.5, 0.6) is 5.75 Å². The van der Waals surface area contributed by atoms with Crippen LogP contribution in [0.1, 0.15) is 24.2 Å². The molecule has 2 aromatic rings. The number of rotatable bonds is 9. The van der Waals surface area contributed by atoms with Crippen molar-refractivity contribution in [2.45, 2.75) is 13.8 Å². The summed E-state index contributed by atoms with van der Waals surface area (Å²) in [5.74, 6) is 0.187. The fourth-order valence-corrected chi connectivity index (χ4v) is 2.67. The first kappa shape index (κ1) is 20.7. The molecule has 2 rings (SSSR count). The number of hydrogen-bond acceptors (Lipinski definition) is 5. The Hall–Kier alpha value is -2.64. The highest BCUT2D eigenvalue weighted by atomic mass is 35.5. The lowest BCUT2D eigenvalue weighted by molar-refractivity contribution is -0.384. The van der Waals surface area contributed by atoms with Crippen molar-refractivity contribution in [3.05, 3.63) is 63.2 Å². The fourth-order valence-electron chi connectivity index (χ4n) is 2.47. The number of nitrogens with zero attached hydrogens (tertiary/aromatic N) is 2. The van der Waals surface area contributed by atoms with Crippen molar-refractivity contribution in [3.8, 4) is 5.75 Å². The zero-order valence-electron chi connectivity index (χ0n) is 15.3. The van der Waals surface area contributed by atoms with Crippen LogP contribution >= 0.6 is 11.6 Å². The molecule has 7 nitrogen and oxygen atoms in total. The third kappa shape index (κ3) is 5.94. The second-order valence-corrected chi connectivity index (χ2v) is 6.18. The van der Waals surface area contributed by atoms with Crippen LogP contribution in [-0.4, -0.2) is 42.0 Å². The minimum atomic E-state index is -0.572. The quantitative estimate of drug-likeness (QED) is 0.511. The molecule has 1 N–H and O–H groups in total. The molecule has 144 valence electrons. The van der Waals surface area contributed by atoms with Gasteiger partial charge in [-0.25, -0.2) is 0 Å². The average Bonchev–Trinajstić information content (AvgIpc) is 2.66. The van der Waals surface area contributed by atoms with Gasteiger partial charge in [-0.05, 0) is 43.4 Å². The van der Waals surface area contributed by atoms with E-state index in [0.717, 1.165) is 25.7 Å². The van der Waals surface area contributed by atoms with Gasteiger partial charge in [-0.3, -0.25) is 14.9 Å². The summed E-state index contributed by atoms with van der Waals surface area (Å²) in [5, 5.41) is 13.7. The number of likely N-dealkylation sites (N-methyl/N-ethyl adjacent to an activating group) is 1. The normalized spacial score (nSPS) is 10.7. The summed E-state index contributed by atoms with van der Waals surface area (Å²) in [4.78, 5) is 24.9. The van der Waals surface area contributed by atoms with Crippen LogP contribution in [0.3, 0.4) is 0 Å². The Morgan fingerprint density at radius 1 is 1.19 bits per heavy atom. The lowest BCUT2D eigenvalue weighted by atomic mass is 10.2. The van der Waals surface area contributed by atoms with Gasteiger partial charge in [0.25, 0.3) is 11.6 Å². The Morgan fingerprint density at radius 2 is 1.85 bits per heavy atom. The second-order valence-electron chi connectivity index (χ2n) is 5.78. The van der Waals surface area contributed by atoms with E-state index in [1.807, 2.05) is 0 Å². The Kier molecular flexibility index (Phi) is 7.57. The molecule has 0 fully saturated rings. The molecule has 0 aliphatic heterocycles. The molecule has 0 aromatic heterocycles. The number of amides is 1. The highest BCUT2D eigenvalue weighted by molar-refractivity contribution is 6.34. The summed E-state index contributed by atoms with van der Waals surface area (Å²) in [6.45, 7) is 7.59. The monoisotopic (exact) mass is 391 g/mol. The first-order chi connectivity index (χ1) is 12.9. The van der Waals surface area contributed by atoms with E-state index >= 15 is 0 Å². The molecule has 27 heavy (non-hydrogen) atoms. The molecular formula is C19H22ClN3O4. The number of halogens is 1. The average molecular weight is 392 g/mol. The Labute approximate surface area is 163 Å². The van der Waals surface area contributed by atoms with Crippen LogP contribution < -0.4 is 10.1 Å². The highest BCUT2D eigenvalue weighted by Crippen LogP contribution is 2.23. The number of nitro groups is 1. The van der Waals surface area contributed by atoms with Crippen LogP contribution in [0.4, 0.5) is 11.4 Å². The minimum absolute atomic E-state index is 0.0467. The SMILES string of the molecule is CCN(CC)CCOc1ccc(NC(=O)c2cc([N+](=O)[O-])ccc2Cl)cc1. The number of non-ortho nitro benzene ring substituents is 1. The van der Waals surface area contributed by atoms with E-state index in [4.69, 9.17) is 16.3 Å². The Morgan fingerprint density at radius 3 is 2.44 bits per heavy atom. The molecule has 0 spiro atoms. The largest absolute Gasteiger partial charge is 0.492 e. The van der Waals surface area contributed by atoms with E-state index < -0.39 is 10.8 Å². The predicted octanol–water partition coefficient (Wildman–Crippen LogP) is 4.22. The lowest BCUT2D eigenvalue weighted by Gasteiger charge is -2.18. The molecular weight excluding hydrogens is 370 g/mol. The van der Waals surface area contributed by atoms with Gasteiger partial charge in [0.1, 0.15) is 12.4 Å². The number of hydrogen-bond donors (Lipinski definition) is 1. The van der Waals surface area contributed by atoms with E-state index in [0.29, 0.717) is 18.0 Å². The lowest BCUT2D eigenvalue weighted by Crippen LogP contribution is -2.27. The zero-order chi connectivity index (χ0) is 19.8. The molecule has 8 heteroatoms. The molecule has 0 unspecified atom stereocenters. The third-order valence-electron chi connectivity index (χ3n) is 4.09. The first-order valence-electron chi connectivity index (χ1n) is 8.65. The van der Waals surface area contributed by atoms with Crippen molar-refractivity contribution in [1.29, 1.82) is 0 Å². The molecule has 0 atom stereocenters. The van der Waals surface area contributed by atoms with Crippen LogP contribution in [0, 0.1) is 10.1 Å². The van der Waals surface area contributed by atoms with Crippen LogP contribution in [0.15, 0.2) is 42.5 Å². The van der Waals surface area contributed by atoms with Crippen molar-refractivity contribution in [3.63, 3.8) is 0 Å². The Balaban J connectivity index is 1.97. The molecule has 0 aliphatic rings. The number of ether oxygens (including phenoxy) is 1. The van der Waals surface area contributed by atoms with Gasteiger partial charge in [0, 0.05) is 24.4 Å². The molecule has 0 saturated carbocycles. The first-order valence-corrected chi connectivity index (χ1v) is 9.02. The number of benzene rings is 2. The van der Waals surface area contributed by atoms with Crippen molar-refractivity contribution >= 4 is 28.9 Å². The summed E-state index contributed by atoms with van der Waals surface area (Å²) in [5.41, 5.74) is 0.394. The predicted molar refractivity (Wildman–Crippen MR) is 106 cm³/mol.